The molecule has 82 valence electrons. The smallest absolute Gasteiger partial charge is 0.371 e. The number of hydrogen-bond donors (Lipinski definition) is 2. The summed E-state index contributed by atoms with van der Waals surface area (Å²) >= 11 is 0. The Labute approximate surface area is 87.1 Å². The van der Waals surface area contributed by atoms with Crippen molar-refractivity contribution in [1.82, 2.24) is 5.32 Å². The molecular weight excluding hydrogens is 198 g/mol. The zero-order valence-corrected chi connectivity index (χ0v) is 8.83. The highest BCUT2D eigenvalue weighted by Gasteiger charge is 2.19. The summed E-state index contributed by atoms with van der Waals surface area (Å²) in [5.74, 6) is -1.85. The lowest BCUT2D eigenvalue weighted by molar-refractivity contribution is 0.0659. The van der Waals surface area contributed by atoms with Gasteiger partial charge in [0.1, 0.15) is 0 Å². The molecule has 1 rings (SSSR count). The van der Waals surface area contributed by atoms with Crippen LogP contribution in [-0.2, 0) is 0 Å². The molecule has 0 unspecified atom stereocenters. The van der Waals surface area contributed by atoms with Gasteiger partial charge in [0.05, 0.1) is 0 Å². The zero-order chi connectivity index (χ0) is 11.6. The van der Waals surface area contributed by atoms with E-state index in [-0.39, 0.29) is 17.1 Å². The average Bonchev–Trinajstić information content (AvgIpc) is 2.47. The van der Waals surface area contributed by atoms with Gasteiger partial charge < -0.3 is 14.8 Å². The van der Waals surface area contributed by atoms with Gasteiger partial charge in [-0.2, -0.15) is 0 Å². The van der Waals surface area contributed by atoms with Crippen LogP contribution >= 0.6 is 0 Å². The fourth-order valence-electron chi connectivity index (χ4n) is 0.977. The van der Waals surface area contributed by atoms with Gasteiger partial charge in [-0.1, -0.05) is 0 Å². The second-order valence-electron chi connectivity index (χ2n) is 4.17. The fourth-order valence-corrected chi connectivity index (χ4v) is 0.977. The highest BCUT2D eigenvalue weighted by molar-refractivity contribution is 5.93. The number of amides is 1. The predicted octanol–water partition coefficient (Wildman–Crippen LogP) is 1.51. The molecule has 0 radical (unpaired) electrons. The minimum Gasteiger partial charge on any atom is -0.475 e. The van der Waals surface area contributed by atoms with E-state index < -0.39 is 11.9 Å². The summed E-state index contributed by atoms with van der Waals surface area (Å²) in [4.78, 5) is 22.0. The number of nitrogens with one attached hydrogen (secondary N) is 1. The van der Waals surface area contributed by atoms with E-state index in [0.717, 1.165) is 0 Å². The lowest BCUT2D eigenvalue weighted by atomic mass is 10.1. The van der Waals surface area contributed by atoms with Crippen molar-refractivity contribution in [3.8, 4) is 0 Å². The molecular formula is C10H13NO4. The Morgan fingerprint density at radius 1 is 1.27 bits per heavy atom. The van der Waals surface area contributed by atoms with Crippen LogP contribution in [-0.4, -0.2) is 22.5 Å². The first kappa shape index (κ1) is 11.3. The van der Waals surface area contributed by atoms with Gasteiger partial charge in [0.25, 0.3) is 5.91 Å². The van der Waals surface area contributed by atoms with Crippen LogP contribution in [0, 0.1) is 0 Å². The first-order valence-corrected chi connectivity index (χ1v) is 4.45. The number of hydrogen-bond acceptors (Lipinski definition) is 3. The average molecular weight is 211 g/mol. The Hall–Kier alpha value is -1.78. The number of aromatic carboxylic acids is 1. The molecule has 15 heavy (non-hydrogen) atoms. The van der Waals surface area contributed by atoms with Gasteiger partial charge in [0, 0.05) is 5.54 Å². The van der Waals surface area contributed by atoms with Crippen LogP contribution in [0.15, 0.2) is 16.5 Å². The molecule has 1 heterocycles. The van der Waals surface area contributed by atoms with Crippen LogP contribution in [0.2, 0.25) is 0 Å². The SMILES string of the molecule is CC(C)(C)NC(=O)c1ccc(C(=O)O)o1. The van der Waals surface area contributed by atoms with Crippen molar-refractivity contribution in [2.24, 2.45) is 0 Å². The molecule has 0 saturated carbocycles. The van der Waals surface area contributed by atoms with Crippen LogP contribution < -0.4 is 5.32 Å². The van der Waals surface area contributed by atoms with Gasteiger partial charge in [0.15, 0.2) is 5.76 Å². The molecule has 0 atom stereocenters. The van der Waals surface area contributed by atoms with Crippen molar-refractivity contribution in [1.29, 1.82) is 0 Å². The minimum absolute atomic E-state index is 0.00215. The highest BCUT2D eigenvalue weighted by atomic mass is 16.4. The summed E-state index contributed by atoms with van der Waals surface area (Å²) in [6.07, 6.45) is 0. The lowest BCUT2D eigenvalue weighted by Gasteiger charge is -2.19. The van der Waals surface area contributed by atoms with E-state index >= 15 is 0 Å². The number of furan rings is 1. The maximum atomic E-state index is 11.5. The predicted molar refractivity (Wildman–Crippen MR) is 52.9 cm³/mol. The molecule has 0 aromatic carbocycles. The van der Waals surface area contributed by atoms with Crippen molar-refractivity contribution < 1.29 is 19.1 Å². The maximum Gasteiger partial charge on any atom is 0.371 e. The first-order valence-electron chi connectivity index (χ1n) is 4.45. The monoisotopic (exact) mass is 211 g/mol. The third kappa shape index (κ3) is 3.12. The summed E-state index contributed by atoms with van der Waals surface area (Å²) in [6.45, 7) is 5.48. The van der Waals surface area contributed by atoms with Crippen molar-refractivity contribution in [2.45, 2.75) is 26.3 Å². The van der Waals surface area contributed by atoms with Gasteiger partial charge in [-0.15, -0.1) is 0 Å². The molecule has 5 heteroatoms. The summed E-state index contributed by atoms with van der Waals surface area (Å²) in [7, 11) is 0. The van der Waals surface area contributed by atoms with Crippen LogP contribution in [0.25, 0.3) is 0 Å². The Kier molecular flexibility index (Phi) is 2.83. The number of carbonyl (C=O) groups excluding carboxylic acids is 1. The molecule has 1 amide bonds. The zero-order valence-electron chi connectivity index (χ0n) is 8.83. The van der Waals surface area contributed by atoms with Gasteiger partial charge in [-0.25, -0.2) is 4.79 Å². The Morgan fingerprint density at radius 3 is 2.20 bits per heavy atom. The van der Waals surface area contributed by atoms with E-state index in [1.165, 1.54) is 12.1 Å². The molecule has 2 N–H and O–H groups in total. The van der Waals surface area contributed by atoms with Crippen molar-refractivity contribution in [2.75, 3.05) is 0 Å². The van der Waals surface area contributed by atoms with Gasteiger partial charge in [-0.05, 0) is 32.9 Å². The third-order valence-electron chi connectivity index (χ3n) is 1.53. The van der Waals surface area contributed by atoms with Crippen molar-refractivity contribution in [3.63, 3.8) is 0 Å². The van der Waals surface area contributed by atoms with E-state index in [4.69, 9.17) is 9.52 Å². The molecule has 0 aliphatic heterocycles. The Morgan fingerprint density at radius 2 is 1.80 bits per heavy atom. The second kappa shape index (κ2) is 3.76. The standard InChI is InChI=1S/C10H13NO4/c1-10(2,3)11-8(12)6-4-5-7(15-6)9(13)14/h4-5H,1-3H3,(H,11,12)(H,13,14). The van der Waals surface area contributed by atoms with Crippen molar-refractivity contribution >= 4 is 11.9 Å². The molecule has 0 aliphatic carbocycles. The molecule has 0 aliphatic rings. The third-order valence-corrected chi connectivity index (χ3v) is 1.53. The molecule has 0 saturated heterocycles. The van der Waals surface area contributed by atoms with E-state index in [9.17, 15) is 9.59 Å². The number of carboxylic acids is 1. The second-order valence-corrected chi connectivity index (χ2v) is 4.17. The normalized spacial score (nSPS) is 11.1. The number of rotatable bonds is 2. The lowest BCUT2D eigenvalue weighted by Crippen LogP contribution is -2.40. The largest absolute Gasteiger partial charge is 0.475 e. The van der Waals surface area contributed by atoms with Gasteiger partial charge in [0.2, 0.25) is 5.76 Å². The number of carbonyl (C=O) groups is 2. The molecule has 0 spiro atoms. The first-order chi connectivity index (χ1) is 6.79. The van der Waals surface area contributed by atoms with E-state index in [1.54, 1.807) is 0 Å². The maximum absolute atomic E-state index is 11.5. The molecule has 1 aromatic heterocycles. The Balaban J connectivity index is 2.79. The van der Waals surface area contributed by atoms with Crippen molar-refractivity contribution in [3.05, 3.63) is 23.7 Å². The van der Waals surface area contributed by atoms with Crippen LogP contribution in [0.3, 0.4) is 0 Å². The minimum atomic E-state index is -1.19. The quantitative estimate of drug-likeness (QED) is 0.777. The topological polar surface area (TPSA) is 79.5 Å². The highest BCUT2D eigenvalue weighted by Crippen LogP contribution is 2.09. The van der Waals surface area contributed by atoms with E-state index in [1.807, 2.05) is 20.8 Å². The summed E-state index contributed by atoms with van der Waals surface area (Å²) in [6, 6.07) is 2.59. The van der Waals surface area contributed by atoms with Gasteiger partial charge >= 0.3 is 5.97 Å². The molecule has 1 aromatic rings. The Bertz CT molecular complexity index is 386. The van der Waals surface area contributed by atoms with Crippen LogP contribution in [0.4, 0.5) is 0 Å². The molecule has 0 bridgehead atoms. The molecule has 0 fully saturated rings. The fraction of sp³-hybridized carbons (Fsp3) is 0.400. The summed E-state index contributed by atoms with van der Waals surface area (Å²) in [5.41, 5.74) is -0.382. The van der Waals surface area contributed by atoms with Gasteiger partial charge in [-0.3, -0.25) is 4.79 Å². The van der Waals surface area contributed by atoms with Crippen LogP contribution in [0.5, 0.6) is 0 Å². The van der Waals surface area contributed by atoms with E-state index in [2.05, 4.69) is 5.32 Å². The van der Waals surface area contributed by atoms with E-state index in [0.29, 0.717) is 0 Å². The summed E-state index contributed by atoms with van der Waals surface area (Å²) < 4.78 is 4.84. The molecule has 5 nitrogen and oxygen atoms in total. The van der Waals surface area contributed by atoms with Crippen LogP contribution in [0.1, 0.15) is 41.9 Å². The number of carboxylic acid groups (broad SMARTS) is 1. The summed E-state index contributed by atoms with van der Waals surface area (Å²) in [5, 5.41) is 11.2.